The second kappa shape index (κ2) is 14.5. The van der Waals surface area contributed by atoms with Gasteiger partial charge in [0, 0.05) is 48.8 Å². The molecule has 1 amide bonds. The summed E-state index contributed by atoms with van der Waals surface area (Å²) in [4.78, 5) is 46.8. The summed E-state index contributed by atoms with van der Waals surface area (Å²) in [5.41, 5.74) is 8.37. The number of nitrogens with zero attached hydrogens (tertiary/aromatic N) is 2. The lowest BCUT2D eigenvalue weighted by Crippen LogP contribution is -2.48. The number of alkyl halides is 1. The second-order valence-corrected chi connectivity index (χ2v) is 12.8. The van der Waals surface area contributed by atoms with Gasteiger partial charge in [0.15, 0.2) is 11.6 Å². The Bertz CT molecular complexity index is 1190. The Hall–Kier alpha value is -2.93. The fourth-order valence-corrected chi connectivity index (χ4v) is 7.73. The van der Waals surface area contributed by atoms with E-state index in [9.17, 15) is 18.8 Å². The number of hydrogen-bond donors (Lipinski definition) is 1. The van der Waals surface area contributed by atoms with E-state index in [0.29, 0.717) is 30.9 Å². The SMILES string of the molecule is N[C@H](CF)C1CCC(C(=O)N2CC[C@@H](C3CCCCC3)[C@H]2C(=O)Cc2ccc(C(=O)CCc3ccccn3)cc2)CC1. The molecule has 6 nitrogen and oxygen atoms in total. The van der Waals surface area contributed by atoms with Gasteiger partial charge in [-0.3, -0.25) is 19.4 Å². The van der Waals surface area contributed by atoms with Gasteiger partial charge in [0.25, 0.3) is 0 Å². The van der Waals surface area contributed by atoms with Crippen molar-refractivity contribution in [3.8, 4) is 0 Å². The number of ketones is 2. The number of benzene rings is 1. The van der Waals surface area contributed by atoms with E-state index in [1.165, 1.54) is 19.3 Å². The Balaban J connectivity index is 1.24. The Morgan fingerprint density at radius 3 is 2.33 bits per heavy atom. The first-order chi connectivity index (χ1) is 20.4. The smallest absolute Gasteiger partial charge is 0.226 e. The molecular formula is C35H46FN3O3. The van der Waals surface area contributed by atoms with Gasteiger partial charge < -0.3 is 10.6 Å². The van der Waals surface area contributed by atoms with Crippen molar-refractivity contribution in [2.75, 3.05) is 13.2 Å². The van der Waals surface area contributed by atoms with Gasteiger partial charge in [-0.1, -0.05) is 62.4 Å². The fourth-order valence-electron chi connectivity index (χ4n) is 7.73. The molecule has 1 aromatic heterocycles. The Kier molecular flexibility index (Phi) is 10.5. The van der Waals surface area contributed by atoms with E-state index in [0.717, 1.165) is 56.2 Å². The molecule has 0 radical (unpaired) electrons. The molecule has 7 heteroatoms. The Morgan fingerprint density at radius 2 is 1.67 bits per heavy atom. The van der Waals surface area contributed by atoms with Crippen LogP contribution in [0.4, 0.5) is 4.39 Å². The Labute approximate surface area is 249 Å². The van der Waals surface area contributed by atoms with Gasteiger partial charge in [0.05, 0.1) is 6.04 Å². The first-order valence-electron chi connectivity index (χ1n) is 16.1. The molecule has 3 aliphatic rings. The maximum absolute atomic E-state index is 14.0. The summed E-state index contributed by atoms with van der Waals surface area (Å²) in [6, 6.07) is 12.3. The standard InChI is InChI=1S/C35H46FN3O3/c36-23-31(37)26-13-15-28(16-14-26)35(42)39-21-19-30(25-6-2-1-3-7-25)34(39)33(41)22-24-9-11-27(12-10-24)32(40)18-17-29-8-4-5-20-38-29/h4-5,8-12,20,25-26,28,30-31,34H,1-3,6-7,13-19,21-23,37H2/t26?,28?,30-,31+,34-/m0/s1. The molecule has 5 rings (SSSR count). The van der Waals surface area contributed by atoms with Crippen LogP contribution in [0.3, 0.4) is 0 Å². The van der Waals surface area contributed by atoms with Crippen LogP contribution in [0.15, 0.2) is 48.7 Å². The zero-order valence-electron chi connectivity index (χ0n) is 24.8. The molecule has 1 aromatic carbocycles. The third kappa shape index (κ3) is 7.34. The molecule has 1 aliphatic heterocycles. The van der Waals surface area contributed by atoms with Crippen LogP contribution in [0.25, 0.3) is 0 Å². The molecule has 2 heterocycles. The quantitative estimate of drug-likeness (QED) is 0.336. The van der Waals surface area contributed by atoms with Gasteiger partial charge in [0.1, 0.15) is 6.67 Å². The molecule has 2 aromatic rings. The van der Waals surface area contributed by atoms with E-state index in [4.69, 9.17) is 5.73 Å². The molecule has 1 saturated heterocycles. The van der Waals surface area contributed by atoms with Crippen molar-refractivity contribution >= 4 is 17.5 Å². The van der Waals surface area contributed by atoms with Crippen molar-refractivity contribution in [3.05, 3.63) is 65.5 Å². The molecule has 0 bridgehead atoms. The minimum absolute atomic E-state index is 0.0608. The van der Waals surface area contributed by atoms with Crippen molar-refractivity contribution < 1.29 is 18.8 Å². The predicted molar refractivity (Wildman–Crippen MR) is 162 cm³/mol. The number of Topliss-reactive ketones (excluding diaryl/α,β-unsaturated/α-hetero) is 2. The average molecular weight is 576 g/mol. The second-order valence-electron chi connectivity index (χ2n) is 12.8. The number of hydrogen-bond acceptors (Lipinski definition) is 5. The molecule has 2 aliphatic carbocycles. The van der Waals surface area contributed by atoms with E-state index in [1.54, 1.807) is 6.20 Å². The van der Waals surface area contributed by atoms with Gasteiger partial charge in [0.2, 0.25) is 5.91 Å². The molecule has 3 atom stereocenters. The molecule has 2 N–H and O–H groups in total. The van der Waals surface area contributed by atoms with Crippen molar-refractivity contribution in [1.82, 2.24) is 9.88 Å². The number of carbonyl (C=O) groups excluding carboxylic acids is 3. The number of carbonyl (C=O) groups is 3. The topological polar surface area (TPSA) is 93.4 Å². The number of likely N-dealkylation sites (tertiary alicyclic amines) is 1. The number of halogens is 1. The molecule has 42 heavy (non-hydrogen) atoms. The number of aryl methyl sites for hydroxylation is 1. The number of rotatable bonds is 11. The highest BCUT2D eigenvalue weighted by Gasteiger charge is 2.46. The largest absolute Gasteiger partial charge is 0.332 e. The molecule has 0 unspecified atom stereocenters. The van der Waals surface area contributed by atoms with Crippen LogP contribution in [0, 0.1) is 23.7 Å². The number of aromatic nitrogens is 1. The zero-order valence-corrected chi connectivity index (χ0v) is 24.8. The third-order valence-corrected chi connectivity index (χ3v) is 10.2. The summed E-state index contributed by atoms with van der Waals surface area (Å²) in [7, 11) is 0. The normalized spacial score (nSPS) is 25.7. The lowest BCUT2D eigenvalue weighted by molar-refractivity contribution is -0.143. The van der Waals surface area contributed by atoms with Crippen LogP contribution >= 0.6 is 0 Å². The maximum Gasteiger partial charge on any atom is 0.226 e. The molecule has 0 spiro atoms. The van der Waals surface area contributed by atoms with Gasteiger partial charge in [-0.2, -0.15) is 0 Å². The summed E-state index contributed by atoms with van der Waals surface area (Å²) in [6.45, 7) is 0.124. The van der Waals surface area contributed by atoms with Crippen LogP contribution in [0.1, 0.15) is 92.2 Å². The summed E-state index contributed by atoms with van der Waals surface area (Å²) < 4.78 is 13.1. The summed E-state index contributed by atoms with van der Waals surface area (Å²) in [5, 5.41) is 0. The lowest BCUT2D eigenvalue weighted by atomic mass is 9.75. The van der Waals surface area contributed by atoms with Crippen molar-refractivity contribution in [2.45, 2.75) is 95.6 Å². The van der Waals surface area contributed by atoms with Crippen LogP contribution in [0.2, 0.25) is 0 Å². The third-order valence-electron chi connectivity index (χ3n) is 10.2. The van der Waals surface area contributed by atoms with E-state index >= 15 is 0 Å². The van der Waals surface area contributed by atoms with Gasteiger partial charge in [-0.05, 0) is 74.0 Å². The lowest BCUT2D eigenvalue weighted by Gasteiger charge is -2.37. The van der Waals surface area contributed by atoms with Crippen LogP contribution in [-0.2, 0) is 22.4 Å². The van der Waals surface area contributed by atoms with E-state index in [1.807, 2.05) is 47.4 Å². The molecule has 2 saturated carbocycles. The Morgan fingerprint density at radius 1 is 0.929 bits per heavy atom. The average Bonchev–Trinajstić information content (AvgIpc) is 3.50. The molecular weight excluding hydrogens is 529 g/mol. The van der Waals surface area contributed by atoms with E-state index in [2.05, 4.69) is 4.98 Å². The molecule has 3 fully saturated rings. The zero-order chi connectivity index (χ0) is 29.5. The summed E-state index contributed by atoms with van der Waals surface area (Å²) in [6.07, 6.45) is 12.8. The number of nitrogens with two attached hydrogens (primary N) is 1. The molecule has 226 valence electrons. The minimum Gasteiger partial charge on any atom is -0.332 e. The van der Waals surface area contributed by atoms with Gasteiger partial charge in [-0.15, -0.1) is 0 Å². The first-order valence-corrected chi connectivity index (χ1v) is 16.1. The van der Waals surface area contributed by atoms with Crippen LogP contribution in [0.5, 0.6) is 0 Å². The summed E-state index contributed by atoms with van der Waals surface area (Å²) in [5.74, 6) is 1.00. The maximum atomic E-state index is 14.0. The predicted octanol–water partition coefficient (Wildman–Crippen LogP) is 5.91. The van der Waals surface area contributed by atoms with E-state index < -0.39 is 12.7 Å². The van der Waals surface area contributed by atoms with Gasteiger partial charge in [-0.25, -0.2) is 4.39 Å². The first kappa shape index (κ1) is 30.5. The highest BCUT2D eigenvalue weighted by Crippen LogP contribution is 2.41. The monoisotopic (exact) mass is 575 g/mol. The van der Waals surface area contributed by atoms with Crippen molar-refractivity contribution in [2.24, 2.45) is 29.4 Å². The van der Waals surface area contributed by atoms with Gasteiger partial charge >= 0.3 is 0 Å². The van der Waals surface area contributed by atoms with Crippen LogP contribution in [-0.4, -0.2) is 52.7 Å². The van der Waals surface area contributed by atoms with Crippen LogP contribution < -0.4 is 5.73 Å². The number of amides is 1. The van der Waals surface area contributed by atoms with E-state index in [-0.39, 0.29) is 47.7 Å². The van der Waals surface area contributed by atoms with Crippen molar-refractivity contribution in [1.29, 1.82) is 0 Å². The van der Waals surface area contributed by atoms with Crippen molar-refractivity contribution in [3.63, 3.8) is 0 Å². The highest BCUT2D eigenvalue weighted by molar-refractivity contribution is 5.96. The summed E-state index contributed by atoms with van der Waals surface area (Å²) >= 11 is 0. The fraction of sp³-hybridized carbons (Fsp3) is 0.600. The number of pyridine rings is 1. The minimum atomic E-state index is -0.518. The highest BCUT2D eigenvalue weighted by atomic mass is 19.1.